The number of fused-ring (bicyclic) bond motifs is 1. The lowest BCUT2D eigenvalue weighted by molar-refractivity contribution is -0.268. The average Bonchev–Trinajstić information content (AvgIpc) is 3.57. The summed E-state index contributed by atoms with van der Waals surface area (Å²) in [5.41, 5.74) is 4.30. The fraction of sp³-hybridized carbons (Fsp3) is 0.684. The largest absolute Gasteiger partial charge is 0.497 e. The van der Waals surface area contributed by atoms with Crippen molar-refractivity contribution in [3.05, 3.63) is 57.6 Å². The van der Waals surface area contributed by atoms with Crippen molar-refractivity contribution in [3.8, 4) is 11.5 Å². The van der Waals surface area contributed by atoms with Gasteiger partial charge in [0.25, 0.3) is 0 Å². The molecular formula is C38H57ClO7. The molecular weight excluding hydrogens is 604 g/mol. The molecule has 1 saturated heterocycles. The zero-order chi connectivity index (χ0) is 32.7. The smallest absolute Gasteiger partial charge is 0.141 e. The third-order valence-electron chi connectivity index (χ3n) is 8.87. The minimum absolute atomic E-state index is 0.303. The molecule has 2 aromatic carbocycles. The van der Waals surface area contributed by atoms with E-state index in [1.165, 1.54) is 0 Å². The number of hydrogen-bond acceptors (Lipinski definition) is 7. The molecule has 0 amide bonds. The molecule has 0 bridgehead atoms. The summed E-state index contributed by atoms with van der Waals surface area (Å²) in [7, 11) is 1.68. The molecule has 2 heterocycles. The van der Waals surface area contributed by atoms with Crippen LogP contribution in [0.1, 0.15) is 107 Å². The molecule has 0 spiro atoms. The quantitative estimate of drug-likeness (QED) is 0.124. The van der Waals surface area contributed by atoms with Crippen LogP contribution in [0.2, 0.25) is 5.02 Å². The van der Waals surface area contributed by atoms with E-state index < -0.39 is 6.10 Å². The SMILES string of the molecule is CCCCOC[C@H]1OC(c2cc(Cc3ccc(OC)cc3)c(Cl)c3c2CCO3)[C@H](OCCCC)[C@@H](OCCCC)[C@@H]1OCCCC. The summed E-state index contributed by atoms with van der Waals surface area (Å²) in [6, 6.07) is 10.3. The number of unbranched alkanes of at least 4 members (excludes halogenated alkanes) is 4. The monoisotopic (exact) mass is 660 g/mol. The lowest BCUT2D eigenvalue weighted by Crippen LogP contribution is -2.58. The molecule has 258 valence electrons. The van der Waals surface area contributed by atoms with Crippen molar-refractivity contribution in [2.45, 2.75) is 122 Å². The van der Waals surface area contributed by atoms with E-state index >= 15 is 0 Å². The summed E-state index contributed by atoms with van der Waals surface area (Å²) in [5.74, 6) is 1.59. The van der Waals surface area contributed by atoms with Gasteiger partial charge in [-0.25, -0.2) is 0 Å². The maximum Gasteiger partial charge on any atom is 0.141 e. The lowest BCUT2D eigenvalue weighted by Gasteiger charge is -2.47. The van der Waals surface area contributed by atoms with Gasteiger partial charge in [-0.15, -0.1) is 0 Å². The number of halogens is 1. The predicted octanol–water partition coefficient (Wildman–Crippen LogP) is 8.69. The summed E-state index contributed by atoms with van der Waals surface area (Å²) in [5, 5.41) is 0.669. The molecule has 0 radical (unpaired) electrons. The van der Waals surface area contributed by atoms with E-state index in [9.17, 15) is 0 Å². The predicted molar refractivity (Wildman–Crippen MR) is 184 cm³/mol. The van der Waals surface area contributed by atoms with Gasteiger partial charge in [0, 0.05) is 38.4 Å². The molecule has 0 N–H and O–H groups in total. The number of rotatable bonds is 21. The Balaban J connectivity index is 1.76. The van der Waals surface area contributed by atoms with Gasteiger partial charge in [-0.2, -0.15) is 0 Å². The summed E-state index contributed by atoms with van der Waals surface area (Å²) in [6.45, 7) is 12.4. The first-order valence-electron chi connectivity index (χ1n) is 17.7. The molecule has 2 aliphatic heterocycles. The van der Waals surface area contributed by atoms with Crippen LogP contribution in [0.15, 0.2) is 30.3 Å². The van der Waals surface area contributed by atoms with Gasteiger partial charge in [-0.1, -0.05) is 83.2 Å². The van der Waals surface area contributed by atoms with E-state index in [0.29, 0.717) is 51.1 Å². The zero-order valence-corrected chi connectivity index (χ0v) is 29.6. The van der Waals surface area contributed by atoms with Crippen LogP contribution in [-0.2, 0) is 36.5 Å². The minimum Gasteiger partial charge on any atom is -0.497 e. The van der Waals surface area contributed by atoms with Crippen molar-refractivity contribution in [3.63, 3.8) is 0 Å². The molecule has 2 aliphatic rings. The van der Waals surface area contributed by atoms with E-state index in [0.717, 1.165) is 91.5 Å². The Morgan fingerprint density at radius 3 is 2.02 bits per heavy atom. The van der Waals surface area contributed by atoms with Crippen LogP contribution in [0.5, 0.6) is 11.5 Å². The fourth-order valence-electron chi connectivity index (χ4n) is 6.17. The summed E-state index contributed by atoms with van der Waals surface area (Å²) < 4.78 is 45.1. The van der Waals surface area contributed by atoms with Crippen molar-refractivity contribution in [2.24, 2.45) is 0 Å². The molecule has 1 unspecified atom stereocenters. The molecule has 8 heteroatoms. The van der Waals surface area contributed by atoms with Gasteiger partial charge in [0.15, 0.2) is 0 Å². The highest BCUT2D eigenvalue weighted by atomic mass is 35.5. The first-order valence-corrected chi connectivity index (χ1v) is 18.1. The third-order valence-corrected chi connectivity index (χ3v) is 9.29. The minimum atomic E-state index is -0.392. The molecule has 46 heavy (non-hydrogen) atoms. The van der Waals surface area contributed by atoms with E-state index in [1.807, 2.05) is 12.1 Å². The first kappa shape index (κ1) is 37.0. The highest BCUT2D eigenvalue weighted by Crippen LogP contribution is 2.46. The summed E-state index contributed by atoms with van der Waals surface area (Å²) >= 11 is 7.06. The molecule has 1 fully saturated rings. The summed E-state index contributed by atoms with van der Waals surface area (Å²) in [6.07, 6.45) is 7.89. The van der Waals surface area contributed by atoms with Crippen LogP contribution in [0.3, 0.4) is 0 Å². The maximum atomic E-state index is 7.11. The highest BCUT2D eigenvalue weighted by molar-refractivity contribution is 6.33. The molecule has 0 aliphatic carbocycles. The molecule has 2 aromatic rings. The van der Waals surface area contributed by atoms with Gasteiger partial charge in [-0.3, -0.25) is 0 Å². The van der Waals surface area contributed by atoms with Gasteiger partial charge in [-0.05, 0) is 60.9 Å². The molecule has 0 aromatic heterocycles. The zero-order valence-electron chi connectivity index (χ0n) is 28.8. The lowest BCUT2D eigenvalue weighted by atomic mass is 9.86. The van der Waals surface area contributed by atoms with Crippen LogP contribution >= 0.6 is 11.6 Å². The number of benzene rings is 2. The third kappa shape index (κ3) is 9.83. The Morgan fingerprint density at radius 2 is 1.39 bits per heavy atom. The van der Waals surface area contributed by atoms with E-state index in [-0.39, 0.29) is 24.4 Å². The topological polar surface area (TPSA) is 64.6 Å². The Bertz CT molecular complexity index is 1160. The second kappa shape index (κ2) is 19.8. The number of methoxy groups -OCH3 is 1. The maximum absolute atomic E-state index is 7.11. The molecule has 0 saturated carbocycles. The van der Waals surface area contributed by atoms with Gasteiger partial charge in [0.1, 0.15) is 42.0 Å². The second-order valence-electron chi connectivity index (χ2n) is 12.5. The standard InChI is InChI=1S/C38H57ClO7/c1-6-10-19-41-26-32-36(42-20-11-7-2)38(44-22-13-9-4)37(43-21-12-8-3)35(46-32)31-25-28(33(39)34-30(31)18-23-45-34)24-27-14-16-29(40-5)17-15-27/h14-17,25,32,35-38H,6-13,18-24,26H2,1-5H3/t32-,35?,36-,37+,38+/m1/s1. The van der Waals surface area contributed by atoms with Crippen molar-refractivity contribution in [1.29, 1.82) is 0 Å². The fourth-order valence-corrected chi connectivity index (χ4v) is 6.46. The van der Waals surface area contributed by atoms with E-state index in [4.69, 9.17) is 44.8 Å². The van der Waals surface area contributed by atoms with Crippen molar-refractivity contribution >= 4 is 11.6 Å². The van der Waals surface area contributed by atoms with Crippen molar-refractivity contribution in [1.82, 2.24) is 0 Å². The molecule has 5 atom stereocenters. The van der Waals surface area contributed by atoms with Crippen molar-refractivity contribution in [2.75, 3.05) is 46.8 Å². The Hall–Kier alpha value is -1.87. The van der Waals surface area contributed by atoms with Crippen molar-refractivity contribution < 1.29 is 33.2 Å². The van der Waals surface area contributed by atoms with Gasteiger partial charge < -0.3 is 33.2 Å². The van der Waals surface area contributed by atoms with Gasteiger partial charge >= 0.3 is 0 Å². The Kier molecular flexibility index (Phi) is 15.9. The second-order valence-corrected chi connectivity index (χ2v) is 12.8. The van der Waals surface area contributed by atoms with Crippen LogP contribution < -0.4 is 9.47 Å². The highest BCUT2D eigenvalue weighted by Gasteiger charge is 2.49. The van der Waals surface area contributed by atoms with Crippen LogP contribution in [-0.4, -0.2) is 71.2 Å². The molecule has 7 nitrogen and oxygen atoms in total. The van der Waals surface area contributed by atoms with Crippen LogP contribution in [0.4, 0.5) is 0 Å². The Labute approximate surface area is 282 Å². The van der Waals surface area contributed by atoms with Gasteiger partial charge in [0.2, 0.25) is 0 Å². The normalized spacial score (nSPS) is 22.5. The average molecular weight is 661 g/mol. The van der Waals surface area contributed by atoms with Gasteiger partial charge in [0.05, 0.1) is 25.3 Å². The molecule has 4 rings (SSSR count). The number of ether oxygens (including phenoxy) is 7. The van der Waals surface area contributed by atoms with E-state index in [2.05, 4.69) is 45.9 Å². The van der Waals surface area contributed by atoms with Crippen LogP contribution in [0, 0.1) is 0 Å². The summed E-state index contributed by atoms with van der Waals surface area (Å²) in [4.78, 5) is 0. The van der Waals surface area contributed by atoms with E-state index in [1.54, 1.807) is 7.11 Å². The Morgan fingerprint density at radius 1 is 0.783 bits per heavy atom. The van der Waals surface area contributed by atoms with Crippen LogP contribution in [0.25, 0.3) is 0 Å². The number of hydrogen-bond donors (Lipinski definition) is 0. The first-order chi connectivity index (χ1) is 22.6.